The Kier molecular flexibility index (Phi) is 5.49. The largest absolute Gasteiger partial charge is 0.593 e. The van der Waals surface area contributed by atoms with Crippen molar-refractivity contribution in [1.82, 2.24) is 19.8 Å². The van der Waals surface area contributed by atoms with Crippen molar-refractivity contribution in [3.8, 4) is 0 Å². The molecule has 5 rings (SSSR count). The molecule has 34 heavy (non-hydrogen) atoms. The molecule has 0 radical (unpaired) electrons. The molecule has 3 aromatic rings. The molecule has 1 saturated carbocycles. The average Bonchev–Trinajstić information content (AvgIpc) is 3.38. The molecule has 2 atom stereocenters. The van der Waals surface area contributed by atoms with Crippen molar-refractivity contribution in [2.24, 2.45) is 0 Å². The molecule has 2 fully saturated rings. The normalized spacial score (nSPS) is 21.0. The van der Waals surface area contributed by atoms with Crippen molar-refractivity contribution in [2.75, 3.05) is 20.1 Å². The number of hydrogen-bond acceptors (Lipinski definition) is 6. The number of carbonyl (C=O) groups is 1. The standard InChI is InChI=1S/C22H21F3N4O4S/c1-26-20(30)16-10-17(12-5-6-12)27-21-18(16)19(28-33-21)13-7-8-29(11-13)34(31,32)15-4-2-3-14(9-15)22(23,24)25/h2-4,9-10,12-13H,5-8,11H2,1H3,(H-,26,30,31,32). The summed E-state index contributed by atoms with van der Waals surface area (Å²) in [4.78, 5) is 16.7. The highest BCUT2D eigenvalue weighted by molar-refractivity contribution is 7.95. The van der Waals surface area contributed by atoms with Gasteiger partial charge in [-0.3, -0.25) is 4.79 Å². The summed E-state index contributed by atoms with van der Waals surface area (Å²) in [6, 6.07) is 5.42. The van der Waals surface area contributed by atoms with E-state index in [1.165, 1.54) is 7.05 Å². The second kappa shape index (κ2) is 8.14. The van der Waals surface area contributed by atoms with Crippen LogP contribution in [-0.4, -0.2) is 45.0 Å². The number of hydrogen-bond donors (Lipinski definition) is 1. The lowest BCUT2D eigenvalue weighted by Crippen LogP contribution is -2.34. The molecule has 1 aromatic carbocycles. The smallest absolute Gasteiger partial charge is 0.416 e. The van der Waals surface area contributed by atoms with Gasteiger partial charge in [0.2, 0.25) is 0 Å². The van der Waals surface area contributed by atoms with Crippen LogP contribution in [0.4, 0.5) is 13.2 Å². The summed E-state index contributed by atoms with van der Waals surface area (Å²) < 4.78 is 72.0. The zero-order valence-corrected chi connectivity index (χ0v) is 18.9. The number of fused-ring (bicyclic) bond motifs is 1. The van der Waals surface area contributed by atoms with E-state index in [0.717, 1.165) is 41.0 Å². The molecule has 2 unspecified atom stereocenters. The molecule has 0 bridgehead atoms. The highest BCUT2D eigenvalue weighted by Crippen LogP contribution is 2.42. The van der Waals surface area contributed by atoms with Crippen LogP contribution in [0, 0.1) is 0 Å². The van der Waals surface area contributed by atoms with Gasteiger partial charge in [-0.15, -0.1) is 4.31 Å². The van der Waals surface area contributed by atoms with E-state index in [1.807, 2.05) is 0 Å². The summed E-state index contributed by atoms with van der Waals surface area (Å²) in [5.74, 6) is -0.454. The van der Waals surface area contributed by atoms with Crippen LogP contribution in [0.15, 0.2) is 39.8 Å². The Bertz CT molecular complexity index is 1320. The minimum absolute atomic E-state index is 0.00221. The van der Waals surface area contributed by atoms with Crippen LogP contribution in [0.5, 0.6) is 0 Å². The van der Waals surface area contributed by atoms with Crippen LogP contribution < -0.4 is 5.32 Å². The summed E-state index contributed by atoms with van der Waals surface area (Å²) in [6.07, 6.45) is -2.31. The lowest BCUT2D eigenvalue weighted by Gasteiger charge is -2.23. The molecule has 180 valence electrons. The van der Waals surface area contributed by atoms with Crippen LogP contribution in [0.1, 0.15) is 58.4 Å². The van der Waals surface area contributed by atoms with Gasteiger partial charge in [0.1, 0.15) is 0 Å². The quantitative estimate of drug-likeness (QED) is 0.539. The second-order valence-corrected chi connectivity index (χ2v) is 10.5. The molecule has 1 aliphatic heterocycles. The van der Waals surface area contributed by atoms with Gasteiger partial charge >= 0.3 is 6.18 Å². The van der Waals surface area contributed by atoms with Crippen molar-refractivity contribution >= 4 is 27.4 Å². The van der Waals surface area contributed by atoms with Gasteiger partial charge in [-0.05, 0) is 37.5 Å². The summed E-state index contributed by atoms with van der Waals surface area (Å²) >= 11 is 0. The maximum absolute atomic E-state index is 13.1. The number of aromatic nitrogens is 2. The third-order valence-corrected chi connectivity index (χ3v) is 8.16. The molecule has 1 saturated heterocycles. The van der Waals surface area contributed by atoms with Crippen LogP contribution in [0.2, 0.25) is 0 Å². The van der Waals surface area contributed by atoms with E-state index >= 15 is 0 Å². The Morgan fingerprint density at radius 1 is 1.24 bits per heavy atom. The lowest BCUT2D eigenvalue weighted by molar-refractivity contribution is -0.137. The Morgan fingerprint density at radius 2 is 2.00 bits per heavy atom. The highest BCUT2D eigenvalue weighted by Gasteiger charge is 2.41. The van der Waals surface area contributed by atoms with Crippen molar-refractivity contribution in [3.63, 3.8) is 0 Å². The summed E-state index contributed by atoms with van der Waals surface area (Å²) in [5.41, 5.74) is 0.737. The van der Waals surface area contributed by atoms with E-state index in [4.69, 9.17) is 4.52 Å². The molecule has 0 spiro atoms. The summed E-state index contributed by atoms with van der Waals surface area (Å²) in [7, 11) is -2.65. The fraction of sp³-hybridized carbons (Fsp3) is 0.409. The van der Waals surface area contributed by atoms with Crippen LogP contribution in [-0.2, 0) is 20.8 Å². The number of halogens is 3. The van der Waals surface area contributed by atoms with E-state index in [2.05, 4.69) is 15.5 Å². The van der Waals surface area contributed by atoms with E-state index in [0.29, 0.717) is 29.1 Å². The van der Waals surface area contributed by atoms with E-state index in [9.17, 15) is 26.7 Å². The first-order valence-electron chi connectivity index (χ1n) is 10.8. The molecule has 8 nitrogen and oxygen atoms in total. The number of nitrogens with zero attached hydrogens (tertiary/aromatic N) is 3. The van der Waals surface area contributed by atoms with Crippen LogP contribution in [0.3, 0.4) is 0 Å². The van der Waals surface area contributed by atoms with Crippen molar-refractivity contribution < 1.29 is 31.3 Å². The maximum Gasteiger partial charge on any atom is 0.416 e. The van der Waals surface area contributed by atoms with Crippen molar-refractivity contribution in [3.05, 3.63) is 52.8 Å². The molecular weight excluding hydrogens is 473 g/mol. The third kappa shape index (κ3) is 3.99. The minimum atomic E-state index is -4.65. The number of rotatable bonds is 5. The van der Waals surface area contributed by atoms with Gasteiger partial charge in [0.05, 0.1) is 28.8 Å². The van der Waals surface area contributed by atoms with Gasteiger partial charge < -0.3 is 14.4 Å². The average molecular weight is 494 g/mol. The third-order valence-electron chi connectivity index (χ3n) is 6.30. The molecule has 1 aliphatic carbocycles. The zero-order chi connectivity index (χ0) is 24.3. The maximum atomic E-state index is 13.1. The first-order chi connectivity index (χ1) is 16.1. The van der Waals surface area contributed by atoms with Crippen LogP contribution >= 0.6 is 0 Å². The first kappa shape index (κ1) is 22.9. The van der Waals surface area contributed by atoms with Crippen molar-refractivity contribution in [2.45, 2.75) is 42.2 Å². The number of amides is 1. The Balaban J connectivity index is 1.47. The number of alkyl halides is 3. The molecule has 1 amide bonds. The second-order valence-electron chi connectivity index (χ2n) is 8.57. The summed E-state index contributed by atoms with van der Waals surface area (Å²) in [6.45, 7) is 0.0955. The minimum Gasteiger partial charge on any atom is -0.593 e. The van der Waals surface area contributed by atoms with E-state index in [-0.39, 0.29) is 30.6 Å². The molecule has 12 heteroatoms. The molecular formula is C22H21F3N4O4S. The Morgan fingerprint density at radius 3 is 2.68 bits per heavy atom. The van der Waals surface area contributed by atoms with E-state index in [1.54, 1.807) is 6.07 Å². The Hall–Kier alpha value is -2.83. The highest BCUT2D eigenvalue weighted by atomic mass is 32.3. The van der Waals surface area contributed by atoms with Gasteiger partial charge in [0, 0.05) is 37.2 Å². The molecule has 2 aromatic heterocycles. The van der Waals surface area contributed by atoms with Crippen LogP contribution in [0.25, 0.3) is 11.1 Å². The first-order valence-corrected chi connectivity index (χ1v) is 12.2. The number of sulfonamides is 1. The number of nitrogens with one attached hydrogen (secondary N) is 1. The molecule has 3 heterocycles. The fourth-order valence-corrected chi connectivity index (χ4v) is 5.87. The fourth-order valence-electron chi connectivity index (χ4n) is 4.32. The number of pyridine rings is 1. The van der Waals surface area contributed by atoms with E-state index < -0.39 is 33.0 Å². The Labute approximate surface area is 193 Å². The van der Waals surface area contributed by atoms with Gasteiger partial charge in [0.15, 0.2) is 15.3 Å². The monoisotopic (exact) mass is 494 g/mol. The predicted molar refractivity (Wildman–Crippen MR) is 115 cm³/mol. The molecule has 2 aliphatic rings. The van der Waals surface area contributed by atoms with Gasteiger partial charge in [-0.25, -0.2) is 4.98 Å². The molecule has 1 N–H and O–H groups in total. The number of benzene rings is 1. The predicted octanol–water partition coefficient (Wildman–Crippen LogP) is 3.87. The summed E-state index contributed by atoms with van der Waals surface area (Å²) in [5, 5.41) is 7.17. The van der Waals surface area contributed by atoms with Gasteiger partial charge in [0.25, 0.3) is 11.6 Å². The number of carbonyl (C=O) groups excluding carboxylic acids is 1. The van der Waals surface area contributed by atoms with Gasteiger partial charge in [-0.2, -0.15) is 13.2 Å². The zero-order valence-electron chi connectivity index (χ0n) is 18.1. The topological polar surface area (TPSA) is 111 Å². The van der Waals surface area contributed by atoms with Crippen molar-refractivity contribution in [1.29, 1.82) is 0 Å². The SMILES string of the molecule is CNC(=O)c1cc(C2CC2)nc2onc(C3CCN([S+](=O)([O-])c4cccc(C(F)(F)F)c4)C3)c12. The van der Waals surface area contributed by atoms with Gasteiger partial charge in [-0.1, -0.05) is 15.4 Å². The lowest BCUT2D eigenvalue weighted by atomic mass is 9.98.